The zero-order valence-corrected chi connectivity index (χ0v) is 20.1. The highest BCUT2D eigenvalue weighted by atomic mass is 15.3. The molecule has 0 saturated carbocycles. The van der Waals surface area contributed by atoms with Crippen LogP contribution in [0.25, 0.3) is 22.2 Å². The summed E-state index contributed by atoms with van der Waals surface area (Å²) < 4.78 is 0. The average Bonchev–Trinajstić information content (AvgIpc) is 3.24. The smallest absolute Gasteiger partial charge is 0.147 e. The summed E-state index contributed by atoms with van der Waals surface area (Å²) in [4.78, 5) is 18.6. The van der Waals surface area contributed by atoms with E-state index >= 15 is 0 Å². The van der Waals surface area contributed by atoms with Crippen LogP contribution in [0.3, 0.4) is 0 Å². The summed E-state index contributed by atoms with van der Waals surface area (Å²) in [5.74, 6) is 1.64. The molecule has 1 saturated heterocycles. The zero-order valence-electron chi connectivity index (χ0n) is 20.1. The van der Waals surface area contributed by atoms with Crippen molar-refractivity contribution in [1.29, 1.82) is 0 Å². The summed E-state index contributed by atoms with van der Waals surface area (Å²) in [6, 6.07) is 12.6. The van der Waals surface area contributed by atoms with E-state index in [-0.39, 0.29) is 0 Å². The van der Waals surface area contributed by atoms with E-state index in [1.807, 2.05) is 18.3 Å². The van der Waals surface area contributed by atoms with Crippen LogP contribution < -0.4 is 16.4 Å². The third-order valence-electron chi connectivity index (χ3n) is 6.27. The minimum atomic E-state index is 0.684. The van der Waals surface area contributed by atoms with Crippen LogP contribution in [-0.2, 0) is 6.42 Å². The van der Waals surface area contributed by atoms with Crippen molar-refractivity contribution >= 4 is 28.4 Å². The van der Waals surface area contributed by atoms with Gasteiger partial charge in [0.1, 0.15) is 11.7 Å². The van der Waals surface area contributed by atoms with E-state index < -0.39 is 0 Å². The van der Waals surface area contributed by atoms with Crippen LogP contribution in [-0.4, -0.2) is 60.5 Å². The van der Waals surface area contributed by atoms with E-state index in [4.69, 9.17) is 16.5 Å². The van der Waals surface area contributed by atoms with E-state index in [1.54, 1.807) is 0 Å². The predicted octanol–water partition coefficient (Wildman–Crippen LogP) is 3.89. The predicted molar refractivity (Wildman–Crippen MR) is 143 cm³/mol. The van der Waals surface area contributed by atoms with Gasteiger partial charge >= 0.3 is 0 Å². The number of amidine groups is 1. The Morgan fingerprint density at radius 2 is 1.76 bits per heavy atom. The average molecular weight is 458 g/mol. The maximum Gasteiger partial charge on any atom is 0.147 e. The van der Waals surface area contributed by atoms with E-state index in [0.29, 0.717) is 5.84 Å². The van der Waals surface area contributed by atoms with Crippen molar-refractivity contribution in [1.82, 2.24) is 14.9 Å². The molecule has 0 aliphatic carbocycles. The van der Waals surface area contributed by atoms with Gasteiger partial charge in [0.05, 0.1) is 22.9 Å². The van der Waals surface area contributed by atoms with Gasteiger partial charge in [0.15, 0.2) is 0 Å². The summed E-state index contributed by atoms with van der Waals surface area (Å²) in [6.07, 6.45) is 7.99. The molecule has 0 spiro atoms. The van der Waals surface area contributed by atoms with Crippen molar-refractivity contribution < 1.29 is 0 Å². The largest absolute Gasteiger partial charge is 0.387 e. The number of aliphatic imine (C=N–C) groups is 1. The summed E-state index contributed by atoms with van der Waals surface area (Å²) >= 11 is 0. The lowest BCUT2D eigenvalue weighted by Crippen LogP contribution is -2.44. The third-order valence-corrected chi connectivity index (χ3v) is 6.27. The molecule has 4 N–H and O–H groups in total. The molecular formula is C27H35N7. The SMILES string of the molecule is C=CCCCCN.CN1CCN(c2cnc3ccc(-c4ccc5c(c4)N=C(N)C5)cc3n2)CC1. The van der Waals surface area contributed by atoms with Gasteiger partial charge in [0.25, 0.3) is 0 Å². The Hall–Kier alpha value is -3.29. The number of piperazine rings is 1. The first kappa shape index (κ1) is 23.9. The van der Waals surface area contributed by atoms with Crippen molar-refractivity contribution in [2.45, 2.75) is 25.7 Å². The first-order valence-corrected chi connectivity index (χ1v) is 12.0. The van der Waals surface area contributed by atoms with Crippen LogP contribution in [0.5, 0.6) is 0 Å². The van der Waals surface area contributed by atoms with Crippen molar-refractivity contribution in [3.63, 3.8) is 0 Å². The Labute approximate surface area is 202 Å². The van der Waals surface area contributed by atoms with Gasteiger partial charge in [-0.05, 0) is 67.7 Å². The first-order valence-electron chi connectivity index (χ1n) is 12.0. The fraction of sp³-hybridized carbons (Fsp3) is 0.370. The molecule has 5 rings (SSSR count). The second kappa shape index (κ2) is 11.2. The highest BCUT2D eigenvalue weighted by molar-refractivity contribution is 5.92. The molecule has 34 heavy (non-hydrogen) atoms. The van der Waals surface area contributed by atoms with E-state index in [2.05, 4.69) is 63.7 Å². The minimum Gasteiger partial charge on any atom is -0.387 e. The summed E-state index contributed by atoms with van der Waals surface area (Å²) in [6.45, 7) is 8.49. The van der Waals surface area contributed by atoms with Gasteiger partial charge in [0, 0.05) is 32.6 Å². The maximum absolute atomic E-state index is 5.87. The topological polar surface area (TPSA) is 96.7 Å². The lowest BCUT2D eigenvalue weighted by Gasteiger charge is -2.33. The van der Waals surface area contributed by atoms with E-state index in [9.17, 15) is 0 Å². The van der Waals surface area contributed by atoms with Crippen LogP contribution in [0.4, 0.5) is 11.5 Å². The quantitative estimate of drug-likeness (QED) is 0.431. The number of anilines is 1. The Morgan fingerprint density at radius 3 is 2.53 bits per heavy atom. The molecule has 7 nitrogen and oxygen atoms in total. The molecule has 0 atom stereocenters. The monoisotopic (exact) mass is 457 g/mol. The van der Waals surface area contributed by atoms with Crippen LogP contribution in [0, 0.1) is 0 Å². The highest BCUT2D eigenvalue weighted by Crippen LogP contribution is 2.32. The second-order valence-electron chi connectivity index (χ2n) is 8.92. The minimum absolute atomic E-state index is 0.684. The normalized spacial score (nSPS) is 15.5. The van der Waals surface area contributed by atoms with Crippen LogP contribution >= 0.6 is 0 Å². The number of aromatic nitrogens is 2. The number of allylic oxidation sites excluding steroid dienone is 1. The Balaban J connectivity index is 0.000000344. The number of benzene rings is 2. The van der Waals surface area contributed by atoms with Crippen molar-refractivity contribution in [3.05, 3.63) is 60.8 Å². The summed E-state index contributed by atoms with van der Waals surface area (Å²) in [5.41, 5.74) is 17.4. The van der Waals surface area contributed by atoms with Gasteiger partial charge in [-0.2, -0.15) is 0 Å². The number of unbranched alkanes of at least 4 members (excludes halogenated alkanes) is 2. The molecule has 2 aromatic carbocycles. The van der Waals surface area contributed by atoms with Gasteiger partial charge in [0.2, 0.25) is 0 Å². The van der Waals surface area contributed by atoms with E-state index in [1.165, 1.54) is 12.0 Å². The van der Waals surface area contributed by atoms with Gasteiger partial charge in [-0.1, -0.05) is 24.3 Å². The van der Waals surface area contributed by atoms with Gasteiger partial charge in [-0.15, -0.1) is 6.58 Å². The molecule has 0 radical (unpaired) electrons. The van der Waals surface area contributed by atoms with Gasteiger partial charge < -0.3 is 21.3 Å². The molecule has 0 bridgehead atoms. The van der Waals surface area contributed by atoms with Crippen LogP contribution in [0.15, 0.2) is 60.2 Å². The van der Waals surface area contributed by atoms with Gasteiger partial charge in [-0.3, -0.25) is 4.98 Å². The molecule has 2 aliphatic heterocycles. The molecular weight excluding hydrogens is 422 g/mol. The lowest BCUT2D eigenvalue weighted by atomic mass is 10.0. The lowest BCUT2D eigenvalue weighted by molar-refractivity contribution is 0.312. The number of fused-ring (bicyclic) bond motifs is 2. The molecule has 1 fully saturated rings. The third kappa shape index (κ3) is 5.79. The van der Waals surface area contributed by atoms with Gasteiger partial charge in [-0.25, -0.2) is 9.98 Å². The number of rotatable bonds is 6. The molecule has 3 aromatic rings. The molecule has 0 unspecified atom stereocenters. The molecule has 2 aliphatic rings. The number of likely N-dealkylation sites (N-methyl/N-ethyl adjacent to an activating group) is 1. The number of hydrogen-bond donors (Lipinski definition) is 2. The van der Waals surface area contributed by atoms with Crippen LogP contribution in [0.2, 0.25) is 0 Å². The fourth-order valence-corrected chi connectivity index (χ4v) is 4.19. The van der Waals surface area contributed by atoms with E-state index in [0.717, 1.165) is 85.7 Å². The molecule has 7 heteroatoms. The fourth-order valence-electron chi connectivity index (χ4n) is 4.19. The summed E-state index contributed by atoms with van der Waals surface area (Å²) in [5, 5.41) is 0. The van der Waals surface area contributed by atoms with Crippen molar-refractivity contribution in [2.75, 3.05) is 44.7 Å². The van der Waals surface area contributed by atoms with Crippen LogP contribution in [0.1, 0.15) is 24.8 Å². The zero-order chi connectivity index (χ0) is 23.9. The van der Waals surface area contributed by atoms with Crippen molar-refractivity contribution in [3.8, 4) is 11.1 Å². The Bertz CT molecular complexity index is 1160. The number of nitrogens with two attached hydrogens (primary N) is 2. The molecule has 178 valence electrons. The maximum atomic E-state index is 5.87. The van der Waals surface area contributed by atoms with Crippen molar-refractivity contribution in [2.24, 2.45) is 16.5 Å². The molecule has 1 aromatic heterocycles. The molecule has 3 heterocycles. The Morgan fingerprint density at radius 1 is 1.00 bits per heavy atom. The standard InChI is InChI=1S/C21H22N6.C6H13N/c1-26-6-8-27(9-7-26)21-13-23-17-5-4-15(11-19(17)25-21)14-2-3-16-12-20(22)24-18(16)10-14;1-2-3-4-5-6-7/h2-5,10-11,13H,6-9,12H2,1H3,(H2,22,24);2H,1,3-7H2. The Kier molecular flexibility index (Phi) is 7.87. The first-order chi connectivity index (χ1) is 16.6. The second-order valence-corrected chi connectivity index (χ2v) is 8.92. The number of nitrogens with zero attached hydrogens (tertiary/aromatic N) is 5. The summed E-state index contributed by atoms with van der Waals surface area (Å²) in [7, 11) is 2.16. The number of hydrogen-bond acceptors (Lipinski definition) is 7. The highest BCUT2D eigenvalue weighted by Gasteiger charge is 2.17. The molecule has 0 amide bonds.